The smallest absolute Gasteiger partial charge is 0.222 e. The number of aliphatic hydroxyl groups is 1. The minimum Gasteiger partial charge on any atom is -0.393 e. The second kappa shape index (κ2) is 5.38. The quantitative estimate of drug-likeness (QED) is 0.815. The summed E-state index contributed by atoms with van der Waals surface area (Å²) in [5.74, 6) is 1.88. The molecule has 3 heteroatoms. The second-order valence-electron chi connectivity index (χ2n) is 6.09. The molecule has 2 rings (SSSR count). The molecular formula is C14H25NO2. The Kier molecular flexibility index (Phi) is 4.08. The van der Waals surface area contributed by atoms with Crippen LogP contribution in [0, 0.1) is 17.8 Å². The van der Waals surface area contributed by atoms with Crippen LogP contribution < -0.4 is 0 Å². The van der Waals surface area contributed by atoms with Gasteiger partial charge in [0.1, 0.15) is 0 Å². The van der Waals surface area contributed by atoms with Gasteiger partial charge in [-0.3, -0.25) is 4.79 Å². The van der Waals surface area contributed by atoms with Crippen LogP contribution in [0.4, 0.5) is 0 Å². The zero-order chi connectivity index (χ0) is 12.4. The Bertz CT molecular complexity index is 277. The topological polar surface area (TPSA) is 40.5 Å². The lowest BCUT2D eigenvalue weighted by molar-refractivity contribution is -0.128. The maximum absolute atomic E-state index is 11.8. The van der Waals surface area contributed by atoms with Crippen LogP contribution in [0.25, 0.3) is 0 Å². The van der Waals surface area contributed by atoms with E-state index in [2.05, 4.69) is 13.8 Å². The molecule has 17 heavy (non-hydrogen) atoms. The molecule has 3 atom stereocenters. The number of likely N-dealkylation sites (tertiary alicyclic amines) is 1. The fraction of sp³-hybridized carbons (Fsp3) is 0.929. The summed E-state index contributed by atoms with van der Waals surface area (Å²) >= 11 is 0. The van der Waals surface area contributed by atoms with Crippen molar-refractivity contribution in [2.45, 2.75) is 52.1 Å². The zero-order valence-electron chi connectivity index (χ0n) is 11.1. The number of aliphatic hydroxyl groups excluding tert-OH is 1. The van der Waals surface area contributed by atoms with Gasteiger partial charge in [0.15, 0.2) is 0 Å². The van der Waals surface area contributed by atoms with E-state index < -0.39 is 0 Å². The maximum atomic E-state index is 11.8. The van der Waals surface area contributed by atoms with Crippen LogP contribution in [-0.4, -0.2) is 35.1 Å². The van der Waals surface area contributed by atoms with Crippen LogP contribution in [0.2, 0.25) is 0 Å². The van der Waals surface area contributed by atoms with Crippen LogP contribution in [0.5, 0.6) is 0 Å². The van der Waals surface area contributed by atoms with Crippen molar-refractivity contribution in [3.63, 3.8) is 0 Å². The summed E-state index contributed by atoms with van der Waals surface area (Å²) in [5, 5.41) is 9.77. The Hall–Kier alpha value is -0.570. The van der Waals surface area contributed by atoms with E-state index in [0.29, 0.717) is 23.7 Å². The van der Waals surface area contributed by atoms with E-state index in [1.807, 2.05) is 4.90 Å². The number of amides is 1. The maximum Gasteiger partial charge on any atom is 0.222 e. The molecule has 1 heterocycles. The fourth-order valence-corrected chi connectivity index (χ4v) is 3.14. The number of rotatable bonds is 4. The van der Waals surface area contributed by atoms with Crippen molar-refractivity contribution in [3.8, 4) is 0 Å². The zero-order valence-corrected chi connectivity index (χ0v) is 11.1. The molecule has 3 nitrogen and oxygen atoms in total. The monoisotopic (exact) mass is 239 g/mol. The summed E-state index contributed by atoms with van der Waals surface area (Å²) in [7, 11) is 0. The van der Waals surface area contributed by atoms with Crippen molar-refractivity contribution in [3.05, 3.63) is 0 Å². The Labute approximate surface area is 104 Å². The number of hydrogen-bond acceptors (Lipinski definition) is 2. The molecule has 2 fully saturated rings. The van der Waals surface area contributed by atoms with Gasteiger partial charge in [-0.2, -0.15) is 0 Å². The SMILES string of the molecule is CC(C)C1CC(=O)N(CCC2CCCC2O)C1. The normalized spacial score (nSPS) is 34.0. The predicted molar refractivity (Wildman–Crippen MR) is 67.5 cm³/mol. The summed E-state index contributed by atoms with van der Waals surface area (Å²) < 4.78 is 0. The number of carbonyl (C=O) groups excluding carboxylic acids is 1. The first-order valence-corrected chi connectivity index (χ1v) is 7.03. The molecule has 1 aliphatic heterocycles. The average Bonchev–Trinajstić information content (AvgIpc) is 2.82. The third kappa shape index (κ3) is 3.01. The first-order chi connectivity index (χ1) is 8.08. The molecule has 1 N–H and O–H groups in total. The highest BCUT2D eigenvalue weighted by Gasteiger charge is 2.32. The Morgan fingerprint density at radius 1 is 1.41 bits per heavy atom. The van der Waals surface area contributed by atoms with Crippen LogP contribution in [0.3, 0.4) is 0 Å². The number of carbonyl (C=O) groups is 1. The Morgan fingerprint density at radius 2 is 2.18 bits per heavy atom. The first-order valence-electron chi connectivity index (χ1n) is 7.03. The van der Waals surface area contributed by atoms with Crippen molar-refractivity contribution in [2.75, 3.05) is 13.1 Å². The van der Waals surface area contributed by atoms with Gasteiger partial charge >= 0.3 is 0 Å². The van der Waals surface area contributed by atoms with E-state index >= 15 is 0 Å². The van der Waals surface area contributed by atoms with E-state index in [0.717, 1.165) is 45.2 Å². The average molecular weight is 239 g/mol. The number of nitrogens with zero attached hydrogens (tertiary/aromatic N) is 1. The van der Waals surface area contributed by atoms with Gasteiger partial charge in [-0.15, -0.1) is 0 Å². The highest BCUT2D eigenvalue weighted by atomic mass is 16.3. The highest BCUT2D eigenvalue weighted by molar-refractivity contribution is 5.78. The van der Waals surface area contributed by atoms with Crippen molar-refractivity contribution in [2.24, 2.45) is 17.8 Å². The molecular weight excluding hydrogens is 214 g/mol. The van der Waals surface area contributed by atoms with Gasteiger partial charge in [0.05, 0.1) is 6.10 Å². The standard InChI is InChI=1S/C14H25NO2/c1-10(2)12-8-14(17)15(9-12)7-6-11-4-3-5-13(11)16/h10-13,16H,3-9H2,1-2H3. The number of hydrogen-bond donors (Lipinski definition) is 1. The van der Waals surface area contributed by atoms with E-state index in [1.54, 1.807) is 0 Å². The molecule has 2 aliphatic rings. The molecule has 1 saturated heterocycles. The van der Waals surface area contributed by atoms with Gasteiger partial charge in [0, 0.05) is 19.5 Å². The predicted octanol–water partition coefficient (Wildman–Crippen LogP) is 2.04. The third-order valence-corrected chi connectivity index (χ3v) is 4.58. The summed E-state index contributed by atoms with van der Waals surface area (Å²) in [6.45, 7) is 6.17. The van der Waals surface area contributed by atoms with E-state index in [-0.39, 0.29) is 6.10 Å². The van der Waals surface area contributed by atoms with Gasteiger partial charge in [-0.05, 0) is 37.0 Å². The van der Waals surface area contributed by atoms with Crippen molar-refractivity contribution in [1.82, 2.24) is 4.90 Å². The Balaban J connectivity index is 1.78. The van der Waals surface area contributed by atoms with Crippen LogP contribution >= 0.6 is 0 Å². The van der Waals surface area contributed by atoms with Gasteiger partial charge < -0.3 is 10.0 Å². The lowest BCUT2D eigenvalue weighted by atomic mass is 9.95. The van der Waals surface area contributed by atoms with Crippen LogP contribution in [-0.2, 0) is 4.79 Å². The molecule has 3 unspecified atom stereocenters. The third-order valence-electron chi connectivity index (χ3n) is 4.58. The van der Waals surface area contributed by atoms with E-state index in [1.165, 1.54) is 0 Å². The Morgan fingerprint density at radius 3 is 2.71 bits per heavy atom. The molecule has 1 saturated carbocycles. The van der Waals surface area contributed by atoms with E-state index in [9.17, 15) is 9.90 Å². The lowest BCUT2D eigenvalue weighted by Crippen LogP contribution is -2.29. The largest absolute Gasteiger partial charge is 0.393 e. The summed E-state index contributed by atoms with van der Waals surface area (Å²) in [6.07, 6.45) is 4.83. The summed E-state index contributed by atoms with van der Waals surface area (Å²) in [5.41, 5.74) is 0. The lowest BCUT2D eigenvalue weighted by Gasteiger charge is -2.21. The second-order valence-corrected chi connectivity index (χ2v) is 6.09. The molecule has 0 aromatic rings. The van der Waals surface area contributed by atoms with Crippen LogP contribution in [0.1, 0.15) is 46.0 Å². The van der Waals surface area contributed by atoms with E-state index in [4.69, 9.17) is 0 Å². The molecule has 1 amide bonds. The summed E-state index contributed by atoms with van der Waals surface area (Å²) in [6, 6.07) is 0. The molecule has 0 spiro atoms. The van der Waals surface area contributed by atoms with Gasteiger partial charge in [-0.25, -0.2) is 0 Å². The molecule has 0 aromatic heterocycles. The highest BCUT2D eigenvalue weighted by Crippen LogP contribution is 2.30. The van der Waals surface area contributed by atoms with Crippen LogP contribution in [0.15, 0.2) is 0 Å². The molecule has 0 aromatic carbocycles. The van der Waals surface area contributed by atoms with Crippen molar-refractivity contribution in [1.29, 1.82) is 0 Å². The minimum absolute atomic E-state index is 0.117. The fourth-order valence-electron chi connectivity index (χ4n) is 3.14. The molecule has 1 aliphatic carbocycles. The van der Waals surface area contributed by atoms with Crippen molar-refractivity contribution < 1.29 is 9.90 Å². The van der Waals surface area contributed by atoms with Crippen molar-refractivity contribution >= 4 is 5.91 Å². The van der Waals surface area contributed by atoms with Gasteiger partial charge in [0.2, 0.25) is 5.91 Å². The summed E-state index contributed by atoms with van der Waals surface area (Å²) in [4.78, 5) is 13.8. The van der Waals surface area contributed by atoms with Gasteiger partial charge in [0.25, 0.3) is 0 Å². The molecule has 0 radical (unpaired) electrons. The molecule has 0 bridgehead atoms. The van der Waals surface area contributed by atoms with Gasteiger partial charge in [-0.1, -0.05) is 20.3 Å². The first kappa shape index (κ1) is 12.9. The minimum atomic E-state index is -0.117. The molecule has 98 valence electrons.